The lowest BCUT2D eigenvalue weighted by Gasteiger charge is -2.35. The Hall–Kier alpha value is -0.720. The van der Waals surface area contributed by atoms with Crippen LogP contribution in [-0.4, -0.2) is 5.60 Å². The summed E-state index contributed by atoms with van der Waals surface area (Å²) in [5.41, 5.74) is 0.292. The molecule has 0 bridgehead atoms. The van der Waals surface area contributed by atoms with Gasteiger partial charge in [0.25, 0.3) is 0 Å². The van der Waals surface area contributed by atoms with Crippen LogP contribution in [0.25, 0.3) is 0 Å². The molecule has 0 heterocycles. The quantitative estimate of drug-likeness (QED) is 0.615. The predicted octanol–water partition coefficient (Wildman–Crippen LogP) is 5.97. The number of rotatable bonds is 4. The summed E-state index contributed by atoms with van der Waals surface area (Å²) in [5.74, 6) is 3.16. The number of allylic oxidation sites excluding steroid dienone is 3. The predicted molar refractivity (Wildman–Crippen MR) is 88.6 cm³/mol. The van der Waals surface area contributed by atoms with Crippen molar-refractivity contribution in [2.24, 2.45) is 23.2 Å². The maximum Gasteiger partial charge on any atom is 0.115 e. The molecule has 2 unspecified atom stereocenters. The highest BCUT2D eigenvalue weighted by Gasteiger charge is 2.28. The van der Waals surface area contributed by atoms with Crippen molar-refractivity contribution in [2.45, 2.75) is 73.8 Å². The first-order chi connectivity index (χ1) is 8.98. The first kappa shape index (κ1) is 17.3. The highest BCUT2D eigenvalue weighted by molar-refractivity contribution is 5.19. The molecule has 1 heteroatoms. The molecular weight excluding hydrogens is 244 g/mol. The fourth-order valence-electron chi connectivity index (χ4n) is 2.95. The first-order valence-electron chi connectivity index (χ1n) is 8.05. The summed E-state index contributed by atoms with van der Waals surface area (Å²) in [6.45, 7) is 18.1. The van der Waals surface area contributed by atoms with Crippen molar-refractivity contribution in [1.29, 1.82) is 0 Å². The van der Waals surface area contributed by atoms with Gasteiger partial charge in [0.15, 0.2) is 0 Å². The van der Waals surface area contributed by atoms with E-state index in [2.05, 4.69) is 73.6 Å². The van der Waals surface area contributed by atoms with Crippen LogP contribution in [0.3, 0.4) is 0 Å². The standard InChI is InChI=1S/C19H34O/c1-14(2)17(13-18(3,4)5)15-9-11-16(12-10-15)20-19(6,7)8/h9,11-12,14-15,17H,10,13H2,1-8H3. The van der Waals surface area contributed by atoms with Crippen LogP contribution in [0.1, 0.15) is 68.2 Å². The van der Waals surface area contributed by atoms with Crippen molar-refractivity contribution in [2.75, 3.05) is 0 Å². The van der Waals surface area contributed by atoms with Crippen LogP contribution < -0.4 is 0 Å². The van der Waals surface area contributed by atoms with E-state index in [0.29, 0.717) is 11.3 Å². The van der Waals surface area contributed by atoms with Crippen molar-refractivity contribution in [3.8, 4) is 0 Å². The molecule has 116 valence electrons. The Morgan fingerprint density at radius 1 is 1.15 bits per heavy atom. The van der Waals surface area contributed by atoms with Crippen LogP contribution >= 0.6 is 0 Å². The maximum absolute atomic E-state index is 5.94. The molecule has 1 nitrogen and oxygen atoms in total. The van der Waals surface area contributed by atoms with Gasteiger partial charge in [-0.2, -0.15) is 0 Å². The summed E-state index contributed by atoms with van der Waals surface area (Å²) in [6, 6.07) is 0. The fraction of sp³-hybridized carbons (Fsp3) is 0.789. The third kappa shape index (κ3) is 6.15. The van der Waals surface area contributed by atoms with Gasteiger partial charge in [-0.3, -0.25) is 0 Å². The number of hydrogen-bond donors (Lipinski definition) is 0. The Labute approximate surface area is 126 Å². The number of ether oxygens (including phenoxy) is 1. The van der Waals surface area contributed by atoms with Gasteiger partial charge in [-0.15, -0.1) is 0 Å². The zero-order valence-corrected chi connectivity index (χ0v) is 14.8. The lowest BCUT2D eigenvalue weighted by Crippen LogP contribution is -2.26. The largest absolute Gasteiger partial charge is 0.489 e. The molecule has 1 rings (SSSR count). The lowest BCUT2D eigenvalue weighted by molar-refractivity contribution is 0.0577. The summed E-state index contributed by atoms with van der Waals surface area (Å²) >= 11 is 0. The van der Waals surface area contributed by atoms with E-state index in [1.807, 2.05) is 0 Å². The van der Waals surface area contributed by atoms with E-state index in [0.717, 1.165) is 24.0 Å². The monoisotopic (exact) mass is 278 g/mol. The molecule has 1 aliphatic carbocycles. The molecule has 0 aromatic heterocycles. The molecule has 0 aromatic rings. The molecule has 2 atom stereocenters. The normalized spacial score (nSPS) is 21.9. The van der Waals surface area contributed by atoms with Crippen LogP contribution in [-0.2, 0) is 4.74 Å². The van der Waals surface area contributed by atoms with E-state index < -0.39 is 0 Å². The van der Waals surface area contributed by atoms with Crippen molar-refractivity contribution in [3.05, 3.63) is 24.0 Å². The molecule has 0 fully saturated rings. The van der Waals surface area contributed by atoms with Crippen LogP contribution in [0.2, 0.25) is 0 Å². The highest BCUT2D eigenvalue weighted by Crippen LogP contribution is 2.38. The molecule has 0 saturated heterocycles. The second kappa shape index (κ2) is 6.37. The third-order valence-corrected chi connectivity index (χ3v) is 3.78. The minimum atomic E-state index is -0.105. The lowest BCUT2D eigenvalue weighted by atomic mass is 9.71. The fourth-order valence-corrected chi connectivity index (χ4v) is 2.95. The molecule has 0 N–H and O–H groups in total. The maximum atomic E-state index is 5.94. The molecule has 1 aliphatic rings. The molecule has 20 heavy (non-hydrogen) atoms. The van der Waals surface area contributed by atoms with Gasteiger partial charge in [0.2, 0.25) is 0 Å². The van der Waals surface area contributed by atoms with Gasteiger partial charge in [-0.25, -0.2) is 0 Å². The molecule has 0 spiro atoms. The minimum Gasteiger partial charge on any atom is -0.489 e. The summed E-state index contributed by atoms with van der Waals surface area (Å²) < 4.78 is 5.94. The minimum absolute atomic E-state index is 0.105. The van der Waals surface area contributed by atoms with Gasteiger partial charge in [-0.1, -0.05) is 40.7 Å². The van der Waals surface area contributed by atoms with E-state index in [-0.39, 0.29) is 5.60 Å². The van der Waals surface area contributed by atoms with Gasteiger partial charge in [0, 0.05) is 0 Å². The average Bonchev–Trinajstić information content (AvgIpc) is 2.23. The Kier molecular flexibility index (Phi) is 5.52. The van der Waals surface area contributed by atoms with Gasteiger partial charge >= 0.3 is 0 Å². The van der Waals surface area contributed by atoms with Crippen LogP contribution in [0.4, 0.5) is 0 Å². The molecule has 0 aromatic carbocycles. The average molecular weight is 278 g/mol. The van der Waals surface area contributed by atoms with E-state index in [4.69, 9.17) is 4.74 Å². The summed E-state index contributed by atoms with van der Waals surface area (Å²) in [4.78, 5) is 0. The highest BCUT2D eigenvalue weighted by atomic mass is 16.5. The number of hydrogen-bond acceptors (Lipinski definition) is 1. The second-order valence-corrected chi connectivity index (χ2v) is 8.75. The topological polar surface area (TPSA) is 9.23 Å². The molecule has 0 saturated carbocycles. The molecule has 0 radical (unpaired) electrons. The van der Waals surface area contributed by atoms with E-state index in [9.17, 15) is 0 Å². The van der Waals surface area contributed by atoms with Gasteiger partial charge in [0.05, 0.1) is 0 Å². The van der Waals surface area contributed by atoms with Crippen molar-refractivity contribution in [1.82, 2.24) is 0 Å². The Morgan fingerprint density at radius 2 is 1.75 bits per heavy atom. The summed E-state index contributed by atoms with van der Waals surface area (Å²) in [5, 5.41) is 0. The molecular formula is C19H34O. The third-order valence-electron chi connectivity index (χ3n) is 3.78. The first-order valence-corrected chi connectivity index (χ1v) is 8.05. The second-order valence-electron chi connectivity index (χ2n) is 8.75. The van der Waals surface area contributed by atoms with Crippen LogP contribution in [0.15, 0.2) is 24.0 Å². The van der Waals surface area contributed by atoms with E-state index in [1.165, 1.54) is 6.42 Å². The zero-order chi connectivity index (χ0) is 15.6. The van der Waals surface area contributed by atoms with E-state index in [1.54, 1.807) is 0 Å². The van der Waals surface area contributed by atoms with Crippen molar-refractivity contribution in [3.63, 3.8) is 0 Å². The van der Waals surface area contributed by atoms with Crippen LogP contribution in [0.5, 0.6) is 0 Å². The smallest absolute Gasteiger partial charge is 0.115 e. The molecule has 0 aliphatic heterocycles. The van der Waals surface area contributed by atoms with Crippen molar-refractivity contribution >= 4 is 0 Å². The van der Waals surface area contributed by atoms with E-state index >= 15 is 0 Å². The van der Waals surface area contributed by atoms with Gasteiger partial charge in [-0.05, 0) is 68.9 Å². The van der Waals surface area contributed by atoms with Crippen LogP contribution in [0, 0.1) is 23.2 Å². The van der Waals surface area contributed by atoms with Gasteiger partial charge < -0.3 is 4.74 Å². The summed E-state index contributed by atoms with van der Waals surface area (Å²) in [7, 11) is 0. The zero-order valence-electron chi connectivity index (χ0n) is 14.8. The van der Waals surface area contributed by atoms with Crippen molar-refractivity contribution < 1.29 is 4.74 Å². The Balaban J connectivity index is 2.69. The molecule has 0 amide bonds. The SMILES string of the molecule is CC(C)C(CC(C)(C)C)C1C=CC(OC(C)(C)C)=CC1. The summed E-state index contributed by atoms with van der Waals surface area (Å²) in [6.07, 6.45) is 9.21. The van der Waals surface area contributed by atoms with Gasteiger partial charge in [0.1, 0.15) is 11.4 Å². The Bertz CT molecular complexity index is 360. The Morgan fingerprint density at radius 3 is 2.10 bits per heavy atom.